The topological polar surface area (TPSA) is 41.6 Å². The van der Waals surface area contributed by atoms with Crippen molar-refractivity contribution in [2.45, 2.75) is 12.5 Å². The van der Waals surface area contributed by atoms with E-state index < -0.39 is 0 Å². The Balaban J connectivity index is 1.43. The minimum atomic E-state index is -0.276. The number of amides is 1. The van der Waals surface area contributed by atoms with Gasteiger partial charge in [-0.3, -0.25) is 9.69 Å². The molecule has 1 aliphatic rings. The van der Waals surface area contributed by atoms with Gasteiger partial charge in [-0.1, -0.05) is 24.3 Å². The van der Waals surface area contributed by atoms with Crippen LogP contribution in [-0.4, -0.2) is 43.6 Å². The number of benzene rings is 2. The maximum Gasteiger partial charge on any atom is 0.234 e. The van der Waals surface area contributed by atoms with Crippen molar-refractivity contribution >= 4 is 5.91 Å². The number of carbonyl (C=O) groups excluding carboxylic acids is 1. The third-order valence-corrected chi connectivity index (χ3v) is 4.41. The van der Waals surface area contributed by atoms with E-state index in [-0.39, 0.29) is 23.6 Å². The van der Waals surface area contributed by atoms with E-state index in [1.54, 1.807) is 24.3 Å². The molecule has 1 fully saturated rings. The molecule has 0 unspecified atom stereocenters. The zero-order valence-electron chi connectivity index (χ0n) is 14.5. The molecule has 6 heteroatoms. The Hall–Kier alpha value is -2.31. The first kappa shape index (κ1) is 18.5. The Labute approximate surface area is 151 Å². The fourth-order valence-electron chi connectivity index (χ4n) is 2.98. The Morgan fingerprint density at radius 1 is 1.08 bits per heavy atom. The smallest absolute Gasteiger partial charge is 0.234 e. The summed E-state index contributed by atoms with van der Waals surface area (Å²) in [6, 6.07) is 12.5. The molecule has 4 nitrogen and oxygen atoms in total. The highest BCUT2D eigenvalue weighted by Gasteiger charge is 2.23. The molecule has 1 aliphatic heterocycles. The minimum Gasteiger partial charge on any atom is -0.371 e. The number of hydrogen-bond acceptors (Lipinski definition) is 3. The molecule has 0 aliphatic carbocycles. The van der Waals surface area contributed by atoms with E-state index in [9.17, 15) is 13.6 Å². The monoisotopic (exact) mass is 360 g/mol. The molecule has 26 heavy (non-hydrogen) atoms. The van der Waals surface area contributed by atoms with Gasteiger partial charge in [-0.25, -0.2) is 8.78 Å². The van der Waals surface area contributed by atoms with Gasteiger partial charge in [0.1, 0.15) is 11.6 Å². The number of hydrogen-bond donors (Lipinski definition) is 1. The second kappa shape index (κ2) is 8.87. The van der Waals surface area contributed by atoms with Crippen LogP contribution in [0.1, 0.15) is 17.2 Å². The van der Waals surface area contributed by atoms with E-state index in [0.717, 1.165) is 11.1 Å². The van der Waals surface area contributed by atoms with Gasteiger partial charge in [0.05, 0.1) is 19.3 Å². The lowest BCUT2D eigenvalue weighted by Crippen LogP contribution is -2.44. The van der Waals surface area contributed by atoms with Gasteiger partial charge in [0, 0.05) is 19.6 Å². The van der Waals surface area contributed by atoms with Gasteiger partial charge in [-0.2, -0.15) is 0 Å². The van der Waals surface area contributed by atoms with Crippen LogP contribution in [0.5, 0.6) is 0 Å². The molecular formula is C20H22F2N2O2. The second-order valence-corrected chi connectivity index (χ2v) is 6.37. The van der Waals surface area contributed by atoms with Gasteiger partial charge in [0.2, 0.25) is 5.91 Å². The third kappa shape index (κ3) is 5.34. The fraction of sp³-hybridized carbons (Fsp3) is 0.350. The second-order valence-electron chi connectivity index (χ2n) is 6.37. The van der Waals surface area contributed by atoms with Crippen LogP contribution < -0.4 is 5.32 Å². The van der Waals surface area contributed by atoms with Gasteiger partial charge in [-0.15, -0.1) is 0 Å². The summed E-state index contributed by atoms with van der Waals surface area (Å²) in [7, 11) is 0. The number of carbonyl (C=O) groups is 1. The zero-order chi connectivity index (χ0) is 18.4. The fourth-order valence-corrected chi connectivity index (χ4v) is 2.98. The molecule has 0 radical (unpaired) electrons. The summed E-state index contributed by atoms with van der Waals surface area (Å²) in [4.78, 5) is 14.2. The molecule has 3 rings (SSSR count). The first-order valence-corrected chi connectivity index (χ1v) is 8.71. The lowest BCUT2D eigenvalue weighted by atomic mass is 10.1. The Bertz CT molecular complexity index is 720. The molecule has 1 atom stereocenters. The van der Waals surface area contributed by atoms with Gasteiger partial charge in [0.15, 0.2) is 0 Å². The van der Waals surface area contributed by atoms with Crippen LogP contribution in [0.25, 0.3) is 0 Å². The summed E-state index contributed by atoms with van der Waals surface area (Å²) in [6.45, 7) is 2.62. The molecular weight excluding hydrogens is 338 g/mol. The highest BCUT2D eigenvalue weighted by molar-refractivity contribution is 5.78. The lowest BCUT2D eigenvalue weighted by Gasteiger charge is -2.32. The van der Waals surface area contributed by atoms with Gasteiger partial charge in [0.25, 0.3) is 0 Å². The summed E-state index contributed by atoms with van der Waals surface area (Å²) in [5, 5.41) is 2.89. The van der Waals surface area contributed by atoms with E-state index in [4.69, 9.17) is 4.74 Å². The molecule has 2 aromatic carbocycles. The average molecular weight is 360 g/mol. The van der Waals surface area contributed by atoms with Crippen LogP contribution >= 0.6 is 0 Å². The number of halogens is 2. The van der Waals surface area contributed by atoms with Gasteiger partial charge >= 0.3 is 0 Å². The van der Waals surface area contributed by atoms with Crippen LogP contribution in [0.15, 0.2) is 48.5 Å². The maximum atomic E-state index is 13.0. The first-order valence-electron chi connectivity index (χ1n) is 8.71. The number of ether oxygens (including phenoxy) is 1. The van der Waals surface area contributed by atoms with Crippen molar-refractivity contribution in [2.24, 2.45) is 0 Å². The maximum absolute atomic E-state index is 13.0. The lowest BCUT2D eigenvalue weighted by molar-refractivity contribution is -0.124. The highest BCUT2D eigenvalue weighted by atomic mass is 19.1. The molecule has 2 aromatic rings. The number of rotatable bonds is 6. The minimum absolute atomic E-state index is 0.0492. The quantitative estimate of drug-likeness (QED) is 0.861. The van der Waals surface area contributed by atoms with Crippen molar-refractivity contribution in [1.29, 1.82) is 0 Å². The van der Waals surface area contributed by atoms with Crippen molar-refractivity contribution in [3.63, 3.8) is 0 Å². The standard InChI is InChI=1S/C20H22F2N2O2/c21-17-5-1-15(2-6-17)9-10-23-20(25)14-24-11-12-26-19(13-24)16-3-7-18(22)8-4-16/h1-8,19H,9-14H2,(H,23,25)/t19-/m1/s1. The summed E-state index contributed by atoms with van der Waals surface area (Å²) < 4.78 is 31.6. The van der Waals surface area contributed by atoms with Crippen molar-refractivity contribution in [2.75, 3.05) is 32.8 Å². The summed E-state index contributed by atoms with van der Waals surface area (Å²) in [5.74, 6) is -0.588. The SMILES string of the molecule is O=C(CN1CCO[C@@H](c2ccc(F)cc2)C1)NCCc1ccc(F)cc1. The first-order chi connectivity index (χ1) is 12.6. The largest absolute Gasteiger partial charge is 0.371 e. The molecule has 0 spiro atoms. The molecule has 1 saturated heterocycles. The van der Waals surface area contributed by atoms with Crippen LogP contribution in [0, 0.1) is 11.6 Å². The molecule has 0 bridgehead atoms. The zero-order valence-corrected chi connectivity index (χ0v) is 14.5. The summed E-state index contributed by atoms with van der Waals surface area (Å²) in [5.41, 5.74) is 1.89. The van der Waals surface area contributed by atoms with E-state index in [1.807, 2.05) is 4.90 Å². The van der Waals surface area contributed by atoms with Crippen molar-refractivity contribution in [3.05, 3.63) is 71.3 Å². The Morgan fingerprint density at radius 2 is 1.73 bits per heavy atom. The Kier molecular flexibility index (Phi) is 6.30. The number of morpholine rings is 1. The van der Waals surface area contributed by atoms with Crippen LogP contribution in [0.2, 0.25) is 0 Å². The average Bonchev–Trinajstić information content (AvgIpc) is 2.64. The van der Waals surface area contributed by atoms with Crippen molar-refractivity contribution in [1.82, 2.24) is 10.2 Å². The Morgan fingerprint density at radius 3 is 2.42 bits per heavy atom. The molecule has 0 aromatic heterocycles. The van der Waals surface area contributed by atoms with Crippen LogP contribution in [0.4, 0.5) is 8.78 Å². The number of nitrogens with zero attached hydrogens (tertiary/aromatic N) is 1. The van der Waals surface area contributed by atoms with Crippen molar-refractivity contribution < 1.29 is 18.3 Å². The molecule has 1 N–H and O–H groups in total. The van der Waals surface area contributed by atoms with E-state index in [1.165, 1.54) is 24.3 Å². The van der Waals surface area contributed by atoms with Crippen LogP contribution in [0.3, 0.4) is 0 Å². The predicted molar refractivity (Wildman–Crippen MR) is 94.6 cm³/mol. The predicted octanol–water partition coefficient (Wildman–Crippen LogP) is 2.70. The van der Waals surface area contributed by atoms with Gasteiger partial charge in [-0.05, 0) is 41.8 Å². The summed E-state index contributed by atoms with van der Waals surface area (Å²) >= 11 is 0. The summed E-state index contributed by atoms with van der Waals surface area (Å²) in [6.07, 6.45) is 0.504. The third-order valence-electron chi connectivity index (χ3n) is 4.41. The van der Waals surface area contributed by atoms with Crippen molar-refractivity contribution in [3.8, 4) is 0 Å². The molecule has 138 valence electrons. The molecule has 1 heterocycles. The van der Waals surface area contributed by atoms with Crippen LogP contribution in [-0.2, 0) is 16.0 Å². The normalized spacial score (nSPS) is 17.8. The van der Waals surface area contributed by atoms with E-state index in [0.29, 0.717) is 39.2 Å². The van der Waals surface area contributed by atoms with Gasteiger partial charge < -0.3 is 10.1 Å². The molecule has 0 saturated carbocycles. The highest BCUT2D eigenvalue weighted by Crippen LogP contribution is 2.22. The number of nitrogens with one attached hydrogen (secondary N) is 1. The van der Waals surface area contributed by atoms with E-state index in [2.05, 4.69) is 5.32 Å². The molecule has 1 amide bonds. The van der Waals surface area contributed by atoms with E-state index >= 15 is 0 Å².